The van der Waals surface area contributed by atoms with E-state index in [2.05, 4.69) is 4.98 Å². The van der Waals surface area contributed by atoms with Crippen molar-refractivity contribution in [1.29, 1.82) is 0 Å². The lowest BCUT2D eigenvalue weighted by molar-refractivity contribution is 0.613. The van der Waals surface area contributed by atoms with Crippen LogP contribution in [-0.4, -0.2) is 4.98 Å². The van der Waals surface area contributed by atoms with E-state index in [0.29, 0.717) is 5.92 Å². The number of nitrogens with zero attached hydrogens (tertiary/aromatic N) is 1. The van der Waals surface area contributed by atoms with Gasteiger partial charge in [-0.05, 0) is 37.8 Å². The lowest BCUT2D eigenvalue weighted by Gasteiger charge is -2.09. The first-order valence-corrected chi connectivity index (χ1v) is 4.46. The predicted octanol–water partition coefficient (Wildman–Crippen LogP) is 1.80. The van der Waals surface area contributed by atoms with Gasteiger partial charge in [-0.25, -0.2) is 0 Å². The zero-order valence-corrected chi connectivity index (χ0v) is 7.33. The Hall–Kier alpha value is -0.890. The average Bonchev–Trinajstić information content (AvgIpc) is 2.85. The van der Waals surface area contributed by atoms with Crippen LogP contribution in [0.2, 0.25) is 0 Å². The van der Waals surface area contributed by atoms with Gasteiger partial charge < -0.3 is 5.73 Å². The molecule has 1 aromatic heterocycles. The summed E-state index contributed by atoms with van der Waals surface area (Å²) >= 11 is 0. The van der Waals surface area contributed by atoms with Crippen molar-refractivity contribution >= 4 is 0 Å². The highest BCUT2D eigenvalue weighted by molar-refractivity contribution is 5.15. The molecule has 1 fully saturated rings. The molecule has 0 saturated heterocycles. The van der Waals surface area contributed by atoms with Crippen LogP contribution in [0.3, 0.4) is 0 Å². The summed E-state index contributed by atoms with van der Waals surface area (Å²) in [5.74, 6) is 0.694. The van der Waals surface area contributed by atoms with Gasteiger partial charge in [0.1, 0.15) is 0 Å². The lowest BCUT2D eigenvalue weighted by atomic mass is 10.1. The van der Waals surface area contributed by atoms with E-state index in [1.165, 1.54) is 12.8 Å². The molecule has 0 unspecified atom stereocenters. The van der Waals surface area contributed by atoms with Gasteiger partial charge in [0.05, 0.1) is 5.69 Å². The zero-order chi connectivity index (χ0) is 8.55. The third-order valence-corrected chi connectivity index (χ3v) is 2.38. The molecule has 64 valence electrons. The van der Waals surface area contributed by atoms with Crippen molar-refractivity contribution in [2.75, 3.05) is 0 Å². The van der Waals surface area contributed by atoms with Gasteiger partial charge in [-0.1, -0.05) is 6.07 Å². The van der Waals surface area contributed by atoms with Crippen molar-refractivity contribution < 1.29 is 0 Å². The smallest absolute Gasteiger partial charge is 0.0577 e. The van der Waals surface area contributed by atoms with Crippen molar-refractivity contribution in [3.05, 3.63) is 29.6 Å². The van der Waals surface area contributed by atoms with Crippen LogP contribution in [0.5, 0.6) is 0 Å². The van der Waals surface area contributed by atoms with Gasteiger partial charge in [0.25, 0.3) is 0 Å². The molecule has 2 N–H and O–H groups in total. The maximum absolute atomic E-state index is 6.01. The lowest BCUT2D eigenvalue weighted by Crippen LogP contribution is -2.14. The quantitative estimate of drug-likeness (QED) is 0.720. The summed E-state index contributed by atoms with van der Waals surface area (Å²) in [5.41, 5.74) is 8.12. The van der Waals surface area contributed by atoms with E-state index in [1.54, 1.807) is 0 Å². The summed E-state index contributed by atoms with van der Waals surface area (Å²) in [7, 11) is 0. The van der Waals surface area contributed by atoms with Crippen molar-refractivity contribution in [2.45, 2.75) is 25.8 Å². The summed E-state index contributed by atoms with van der Waals surface area (Å²) in [4.78, 5) is 4.41. The Kier molecular flexibility index (Phi) is 1.85. The first-order chi connectivity index (χ1) is 5.77. The first-order valence-electron chi connectivity index (χ1n) is 4.46. The van der Waals surface area contributed by atoms with Crippen molar-refractivity contribution in [1.82, 2.24) is 4.98 Å². The minimum absolute atomic E-state index is 0.171. The molecule has 0 aliphatic heterocycles. The highest BCUT2D eigenvalue weighted by atomic mass is 14.8. The van der Waals surface area contributed by atoms with Gasteiger partial charge in [-0.15, -0.1) is 0 Å². The summed E-state index contributed by atoms with van der Waals surface area (Å²) in [6.07, 6.45) is 2.55. The van der Waals surface area contributed by atoms with Crippen LogP contribution in [0.25, 0.3) is 0 Å². The van der Waals surface area contributed by atoms with Crippen LogP contribution in [-0.2, 0) is 0 Å². The number of aryl methyl sites for hydroxylation is 1. The number of rotatable bonds is 2. The summed E-state index contributed by atoms with van der Waals surface area (Å²) < 4.78 is 0. The predicted molar refractivity (Wildman–Crippen MR) is 48.6 cm³/mol. The Morgan fingerprint density at radius 3 is 2.83 bits per heavy atom. The molecule has 0 aromatic carbocycles. The van der Waals surface area contributed by atoms with Crippen LogP contribution >= 0.6 is 0 Å². The number of aromatic nitrogens is 1. The maximum atomic E-state index is 6.01. The third-order valence-electron chi connectivity index (χ3n) is 2.38. The number of hydrogen-bond donors (Lipinski definition) is 1. The van der Waals surface area contributed by atoms with Crippen molar-refractivity contribution in [3.63, 3.8) is 0 Å². The molecular weight excluding hydrogens is 148 g/mol. The van der Waals surface area contributed by atoms with E-state index in [-0.39, 0.29) is 6.04 Å². The van der Waals surface area contributed by atoms with E-state index in [0.717, 1.165) is 11.4 Å². The standard InChI is InChI=1S/C10H14N2/c1-7-3-2-4-9(12-7)10(11)8-5-6-8/h2-4,8,10H,5-6,11H2,1H3/t10-/m1/s1. The van der Waals surface area contributed by atoms with Gasteiger partial charge in [0.2, 0.25) is 0 Å². The minimum atomic E-state index is 0.171. The molecule has 2 rings (SSSR count). The summed E-state index contributed by atoms with van der Waals surface area (Å²) in [5, 5.41) is 0. The highest BCUT2D eigenvalue weighted by Gasteiger charge is 2.30. The fraction of sp³-hybridized carbons (Fsp3) is 0.500. The molecule has 2 heteroatoms. The second-order valence-electron chi connectivity index (χ2n) is 3.57. The summed E-state index contributed by atoms with van der Waals surface area (Å²) in [6, 6.07) is 6.23. The molecule has 0 radical (unpaired) electrons. The largest absolute Gasteiger partial charge is 0.322 e. The maximum Gasteiger partial charge on any atom is 0.0577 e. The molecule has 0 spiro atoms. The molecule has 0 amide bonds. The van der Waals surface area contributed by atoms with Gasteiger partial charge in [0.15, 0.2) is 0 Å². The molecule has 0 bridgehead atoms. The fourth-order valence-electron chi connectivity index (χ4n) is 1.45. The molecule has 12 heavy (non-hydrogen) atoms. The fourth-order valence-corrected chi connectivity index (χ4v) is 1.45. The van der Waals surface area contributed by atoms with E-state index in [4.69, 9.17) is 5.73 Å². The van der Waals surface area contributed by atoms with Crippen LogP contribution in [0.15, 0.2) is 18.2 Å². The van der Waals surface area contributed by atoms with Gasteiger partial charge in [0, 0.05) is 11.7 Å². The molecule has 2 nitrogen and oxygen atoms in total. The monoisotopic (exact) mass is 162 g/mol. The van der Waals surface area contributed by atoms with E-state index in [9.17, 15) is 0 Å². The third kappa shape index (κ3) is 1.48. The van der Waals surface area contributed by atoms with Gasteiger partial charge in [-0.2, -0.15) is 0 Å². The molecule has 1 saturated carbocycles. The Bertz CT molecular complexity index is 279. The number of hydrogen-bond acceptors (Lipinski definition) is 2. The SMILES string of the molecule is Cc1cccc([C@H](N)C2CC2)n1. The second kappa shape index (κ2) is 2.87. The van der Waals surface area contributed by atoms with Crippen LogP contribution in [0, 0.1) is 12.8 Å². The van der Waals surface area contributed by atoms with E-state index in [1.807, 2.05) is 25.1 Å². The molecule has 1 aliphatic carbocycles. The normalized spacial score (nSPS) is 19.2. The Labute approximate surface area is 72.8 Å². The number of nitrogens with two attached hydrogens (primary N) is 1. The molecule has 1 aromatic rings. The van der Waals surface area contributed by atoms with E-state index < -0.39 is 0 Å². The Morgan fingerprint density at radius 1 is 1.50 bits per heavy atom. The van der Waals surface area contributed by atoms with Crippen LogP contribution < -0.4 is 5.73 Å². The Balaban J connectivity index is 2.20. The minimum Gasteiger partial charge on any atom is -0.322 e. The highest BCUT2D eigenvalue weighted by Crippen LogP contribution is 2.38. The second-order valence-corrected chi connectivity index (χ2v) is 3.57. The Morgan fingerprint density at radius 2 is 2.25 bits per heavy atom. The van der Waals surface area contributed by atoms with E-state index >= 15 is 0 Å². The van der Waals surface area contributed by atoms with Crippen LogP contribution in [0.1, 0.15) is 30.3 Å². The first kappa shape index (κ1) is 7.74. The van der Waals surface area contributed by atoms with Gasteiger partial charge >= 0.3 is 0 Å². The molecule has 1 atom stereocenters. The molecular formula is C10H14N2. The molecule has 1 aliphatic rings. The zero-order valence-electron chi connectivity index (χ0n) is 7.33. The average molecular weight is 162 g/mol. The molecule has 1 heterocycles. The van der Waals surface area contributed by atoms with Gasteiger partial charge in [-0.3, -0.25) is 4.98 Å². The van der Waals surface area contributed by atoms with Crippen molar-refractivity contribution in [2.24, 2.45) is 11.7 Å². The number of pyridine rings is 1. The van der Waals surface area contributed by atoms with Crippen molar-refractivity contribution in [3.8, 4) is 0 Å². The topological polar surface area (TPSA) is 38.9 Å². The summed E-state index contributed by atoms with van der Waals surface area (Å²) in [6.45, 7) is 2.00. The van der Waals surface area contributed by atoms with Crippen LogP contribution in [0.4, 0.5) is 0 Å².